The largest absolute Gasteiger partial charge is 0.427 e. The van der Waals surface area contributed by atoms with Crippen molar-refractivity contribution in [3.05, 3.63) is 30.3 Å². The molecule has 0 aliphatic heterocycles. The number of hydrogen-bond donors (Lipinski definition) is 0. The van der Waals surface area contributed by atoms with Crippen molar-refractivity contribution in [1.82, 2.24) is 0 Å². The van der Waals surface area contributed by atoms with Crippen molar-refractivity contribution in [3.8, 4) is 5.75 Å². The first-order valence-electron chi connectivity index (χ1n) is 3.58. The zero-order chi connectivity index (χ0) is 8.10. The van der Waals surface area contributed by atoms with E-state index in [-0.39, 0.29) is 41.6 Å². The summed E-state index contributed by atoms with van der Waals surface area (Å²) in [4.78, 5) is 10.8. The van der Waals surface area contributed by atoms with E-state index in [0.717, 1.165) is 0 Å². The number of carbonyl (C=O) groups excluding carboxylic acids is 1. The number of rotatable bonds is 2. The van der Waals surface area contributed by atoms with Crippen molar-refractivity contribution in [2.75, 3.05) is 0 Å². The number of carbonyl (C=O) groups is 1. The summed E-state index contributed by atoms with van der Waals surface area (Å²) in [6.07, 6.45) is 0.412. The van der Waals surface area contributed by atoms with Crippen molar-refractivity contribution >= 4 is 5.97 Å². The maximum atomic E-state index is 10.8. The molecule has 1 radical (unpaired) electrons. The molecule has 3 heteroatoms. The van der Waals surface area contributed by atoms with Gasteiger partial charge in [-0.25, -0.2) is 0 Å². The van der Waals surface area contributed by atoms with E-state index in [4.69, 9.17) is 4.74 Å². The predicted molar refractivity (Wildman–Crippen MR) is 42.4 cm³/mol. The fourth-order valence-electron chi connectivity index (χ4n) is 0.692. The molecule has 61 valence electrons. The minimum Gasteiger partial charge on any atom is -0.427 e. The summed E-state index contributed by atoms with van der Waals surface area (Å²) in [6, 6.07) is 9.06. The smallest absolute Gasteiger partial charge is 0.310 e. The number of para-hydroxylation sites is 1. The van der Waals surface area contributed by atoms with Gasteiger partial charge in [-0.15, -0.1) is 0 Å². The summed E-state index contributed by atoms with van der Waals surface area (Å²) in [7, 11) is 0. The number of ether oxygens (including phenoxy) is 1. The Hall–Kier alpha value is -0.115. The van der Waals surface area contributed by atoms with Crippen molar-refractivity contribution in [2.24, 2.45) is 0 Å². The van der Waals surface area contributed by atoms with Crippen LogP contribution < -0.4 is 4.74 Å². The van der Waals surface area contributed by atoms with Gasteiger partial charge in [0.25, 0.3) is 0 Å². The Morgan fingerprint density at radius 3 is 2.42 bits per heavy atom. The molecule has 0 bridgehead atoms. The van der Waals surface area contributed by atoms with Gasteiger partial charge in [0.2, 0.25) is 0 Å². The second kappa shape index (κ2) is 6.41. The molecule has 0 saturated heterocycles. The fraction of sp³-hybridized carbons (Fsp3) is 0.222. The Morgan fingerprint density at radius 2 is 1.92 bits per heavy atom. The average molecular weight is 289 g/mol. The van der Waals surface area contributed by atoms with Crippen LogP contribution in [0.4, 0.5) is 0 Å². The zero-order valence-electron chi connectivity index (χ0n) is 6.99. The van der Waals surface area contributed by atoms with Crippen LogP contribution in [0.5, 0.6) is 5.75 Å². The van der Waals surface area contributed by atoms with Crippen LogP contribution in [0.2, 0.25) is 0 Å². The third-order valence-electron chi connectivity index (χ3n) is 1.26. The van der Waals surface area contributed by atoms with E-state index >= 15 is 0 Å². The Labute approximate surface area is 99.9 Å². The Morgan fingerprint density at radius 1 is 1.33 bits per heavy atom. The SMILES string of the molecule is CCC(=O)Oc1ccccc1.[La]. The Kier molecular flexibility index (Phi) is 6.34. The standard InChI is InChI=1S/C9H10O2.La/c1-2-9(10)11-8-6-4-3-5-7-8;/h3-7H,2H2,1H3;. The molecule has 1 aromatic rings. The molecule has 0 fully saturated rings. The van der Waals surface area contributed by atoms with E-state index in [1.54, 1.807) is 19.1 Å². The van der Waals surface area contributed by atoms with Crippen LogP contribution in [-0.4, -0.2) is 5.97 Å². The van der Waals surface area contributed by atoms with Crippen LogP contribution in [0, 0.1) is 35.6 Å². The molecule has 0 amide bonds. The van der Waals surface area contributed by atoms with Crippen molar-refractivity contribution in [1.29, 1.82) is 0 Å². The van der Waals surface area contributed by atoms with Crippen molar-refractivity contribution < 1.29 is 45.1 Å². The molecule has 0 saturated carbocycles. The zero-order valence-corrected chi connectivity index (χ0v) is 10.6. The first-order valence-corrected chi connectivity index (χ1v) is 3.58. The Balaban J connectivity index is 0.00000121. The molecule has 0 aliphatic rings. The average Bonchev–Trinajstić information content (AvgIpc) is 2.06. The third kappa shape index (κ3) is 4.05. The summed E-state index contributed by atoms with van der Waals surface area (Å²) < 4.78 is 4.92. The van der Waals surface area contributed by atoms with E-state index < -0.39 is 0 Å². The van der Waals surface area contributed by atoms with Gasteiger partial charge in [0, 0.05) is 42.0 Å². The van der Waals surface area contributed by atoms with Gasteiger partial charge in [0.05, 0.1) is 0 Å². The van der Waals surface area contributed by atoms with Crippen molar-refractivity contribution in [3.63, 3.8) is 0 Å². The number of benzene rings is 1. The molecule has 2 nitrogen and oxygen atoms in total. The normalized spacial score (nSPS) is 8.42. The molecule has 0 N–H and O–H groups in total. The molecule has 12 heavy (non-hydrogen) atoms. The van der Waals surface area contributed by atoms with Crippen LogP contribution in [0.25, 0.3) is 0 Å². The summed E-state index contributed by atoms with van der Waals surface area (Å²) in [6.45, 7) is 1.77. The van der Waals surface area contributed by atoms with Gasteiger partial charge < -0.3 is 4.74 Å². The molecule has 0 heterocycles. The molecule has 0 atom stereocenters. The fourth-order valence-corrected chi connectivity index (χ4v) is 0.692. The molecule has 1 rings (SSSR count). The first kappa shape index (κ1) is 11.9. The summed E-state index contributed by atoms with van der Waals surface area (Å²) in [5.74, 6) is 0.413. The summed E-state index contributed by atoms with van der Waals surface area (Å²) in [5, 5.41) is 0. The van der Waals surface area contributed by atoms with E-state index in [1.165, 1.54) is 0 Å². The quantitative estimate of drug-likeness (QED) is 0.615. The van der Waals surface area contributed by atoms with Gasteiger partial charge in [0.1, 0.15) is 5.75 Å². The predicted octanol–water partition coefficient (Wildman–Crippen LogP) is 2.00. The molecule has 1 aromatic carbocycles. The number of esters is 1. The molecular weight excluding hydrogens is 279 g/mol. The molecule has 0 unspecified atom stereocenters. The van der Waals surface area contributed by atoms with Gasteiger partial charge in [-0.2, -0.15) is 0 Å². The first-order chi connectivity index (χ1) is 5.33. The summed E-state index contributed by atoms with van der Waals surface area (Å²) >= 11 is 0. The van der Waals surface area contributed by atoms with E-state index in [2.05, 4.69) is 0 Å². The maximum Gasteiger partial charge on any atom is 0.310 e. The second-order valence-electron chi connectivity index (χ2n) is 2.14. The van der Waals surface area contributed by atoms with Crippen LogP contribution in [0.3, 0.4) is 0 Å². The van der Waals surface area contributed by atoms with Gasteiger partial charge in [0.15, 0.2) is 0 Å². The summed E-state index contributed by atoms with van der Waals surface area (Å²) in [5.41, 5.74) is 0. The minimum atomic E-state index is -0.198. The van der Waals surface area contributed by atoms with Crippen LogP contribution in [0.15, 0.2) is 30.3 Å². The van der Waals surface area contributed by atoms with E-state index in [9.17, 15) is 4.79 Å². The van der Waals surface area contributed by atoms with Crippen LogP contribution in [0.1, 0.15) is 13.3 Å². The maximum absolute atomic E-state index is 10.8. The van der Waals surface area contributed by atoms with Gasteiger partial charge >= 0.3 is 5.97 Å². The molecular formula is C9H10LaO2. The van der Waals surface area contributed by atoms with Gasteiger partial charge in [-0.1, -0.05) is 25.1 Å². The monoisotopic (exact) mass is 289 g/mol. The van der Waals surface area contributed by atoms with Crippen LogP contribution in [-0.2, 0) is 4.79 Å². The third-order valence-corrected chi connectivity index (χ3v) is 1.26. The molecule has 0 aromatic heterocycles. The Bertz CT molecular complexity index is 234. The van der Waals surface area contributed by atoms with Gasteiger partial charge in [-0.3, -0.25) is 4.79 Å². The van der Waals surface area contributed by atoms with Crippen molar-refractivity contribution in [2.45, 2.75) is 13.3 Å². The topological polar surface area (TPSA) is 26.3 Å². The molecule has 0 aliphatic carbocycles. The van der Waals surface area contributed by atoms with E-state index in [0.29, 0.717) is 12.2 Å². The number of hydrogen-bond acceptors (Lipinski definition) is 2. The van der Waals surface area contributed by atoms with E-state index in [1.807, 2.05) is 18.2 Å². The van der Waals surface area contributed by atoms with Crippen LogP contribution >= 0.6 is 0 Å². The minimum absolute atomic E-state index is 0. The second-order valence-corrected chi connectivity index (χ2v) is 2.14. The van der Waals surface area contributed by atoms with Gasteiger partial charge in [-0.05, 0) is 12.1 Å². The molecule has 0 spiro atoms.